The number of aromatic nitrogens is 1. The summed E-state index contributed by atoms with van der Waals surface area (Å²) in [5.41, 5.74) is 2.04. The van der Waals surface area contributed by atoms with Gasteiger partial charge in [-0.05, 0) is 44.2 Å². The Hall–Kier alpha value is -2.82. The zero-order chi connectivity index (χ0) is 17.3. The smallest absolute Gasteiger partial charge is 0.335 e. The number of halogens is 1. The molecule has 0 spiro atoms. The van der Waals surface area contributed by atoms with Gasteiger partial charge in [0.1, 0.15) is 11.6 Å². The van der Waals surface area contributed by atoms with Crippen LogP contribution in [0.1, 0.15) is 29.8 Å². The van der Waals surface area contributed by atoms with Crippen molar-refractivity contribution in [2.75, 3.05) is 0 Å². The largest absolute Gasteiger partial charge is 0.491 e. The molecule has 5 heteroatoms. The van der Waals surface area contributed by atoms with Gasteiger partial charge in [0.15, 0.2) is 0 Å². The van der Waals surface area contributed by atoms with Crippen molar-refractivity contribution in [1.29, 1.82) is 0 Å². The Labute approximate surface area is 139 Å². The number of hydrogen-bond donors (Lipinski definition) is 1. The summed E-state index contributed by atoms with van der Waals surface area (Å²) in [6.45, 7) is 4.30. The first kappa shape index (κ1) is 16.1. The third-order valence-electron chi connectivity index (χ3n) is 3.75. The first-order chi connectivity index (χ1) is 11.4. The Balaban J connectivity index is 1.97. The van der Waals surface area contributed by atoms with Crippen LogP contribution < -0.4 is 4.74 Å². The second-order valence-corrected chi connectivity index (χ2v) is 5.94. The van der Waals surface area contributed by atoms with E-state index in [9.17, 15) is 9.18 Å². The molecule has 0 unspecified atom stereocenters. The fourth-order valence-corrected chi connectivity index (χ4v) is 2.68. The van der Waals surface area contributed by atoms with Crippen LogP contribution in [0.2, 0.25) is 0 Å². The number of nitrogens with zero attached hydrogens (tertiary/aromatic N) is 1. The van der Waals surface area contributed by atoms with Gasteiger partial charge >= 0.3 is 5.97 Å². The van der Waals surface area contributed by atoms with Crippen molar-refractivity contribution in [3.8, 4) is 5.75 Å². The molecular formula is C19H18FNO3. The van der Waals surface area contributed by atoms with E-state index in [0.717, 1.165) is 16.5 Å². The highest BCUT2D eigenvalue weighted by Crippen LogP contribution is 2.25. The van der Waals surface area contributed by atoms with Gasteiger partial charge in [-0.3, -0.25) is 0 Å². The van der Waals surface area contributed by atoms with E-state index < -0.39 is 5.97 Å². The Morgan fingerprint density at radius 3 is 2.71 bits per heavy atom. The summed E-state index contributed by atoms with van der Waals surface area (Å²) in [6, 6.07) is 11.4. The molecule has 3 rings (SSSR count). The molecule has 0 saturated carbocycles. The molecule has 0 aliphatic rings. The van der Waals surface area contributed by atoms with Crippen LogP contribution >= 0.6 is 0 Å². The van der Waals surface area contributed by atoms with E-state index in [2.05, 4.69) is 0 Å². The van der Waals surface area contributed by atoms with E-state index in [-0.39, 0.29) is 17.5 Å². The lowest BCUT2D eigenvalue weighted by atomic mass is 10.1. The number of carboxylic acids is 1. The second-order valence-electron chi connectivity index (χ2n) is 5.94. The van der Waals surface area contributed by atoms with Crippen LogP contribution in [0, 0.1) is 5.82 Å². The van der Waals surface area contributed by atoms with E-state index in [1.807, 2.05) is 30.7 Å². The van der Waals surface area contributed by atoms with Crippen molar-refractivity contribution >= 4 is 16.9 Å². The topological polar surface area (TPSA) is 51.5 Å². The summed E-state index contributed by atoms with van der Waals surface area (Å²) >= 11 is 0. The fraction of sp³-hybridized carbons (Fsp3) is 0.211. The van der Waals surface area contributed by atoms with Crippen molar-refractivity contribution in [2.45, 2.75) is 26.5 Å². The third-order valence-corrected chi connectivity index (χ3v) is 3.75. The lowest BCUT2D eigenvalue weighted by molar-refractivity contribution is 0.0697. The van der Waals surface area contributed by atoms with E-state index in [1.165, 1.54) is 12.1 Å². The predicted molar refractivity (Wildman–Crippen MR) is 90.2 cm³/mol. The summed E-state index contributed by atoms with van der Waals surface area (Å²) in [5, 5.41) is 9.92. The van der Waals surface area contributed by atoms with Gasteiger partial charge in [0.25, 0.3) is 0 Å². The number of rotatable bonds is 5. The molecule has 0 aliphatic heterocycles. The maximum absolute atomic E-state index is 13.5. The number of hydrogen-bond acceptors (Lipinski definition) is 2. The number of benzene rings is 2. The van der Waals surface area contributed by atoms with Crippen molar-refractivity contribution in [1.82, 2.24) is 4.57 Å². The molecule has 0 radical (unpaired) electrons. The van der Waals surface area contributed by atoms with Crippen LogP contribution in [0.5, 0.6) is 5.75 Å². The standard InChI is InChI=1S/C19H18FNO3/c1-12(2)24-18-10-16(20)5-3-15(18)11-21-8-7-13-9-14(19(22)23)4-6-17(13)21/h3-10,12H,11H2,1-2H3,(H,22,23). The minimum Gasteiger partial charge on any atom is -0.491 e. The summed E-state index contributed by atoms with van der Waals surface area (Å²) in [6.07, 6.45) is 1.84. The van der Waals surface area contributed by atoms with Gasteiger partial charge in [0, 0.05) is 28.7 Å². The van der Waals surface area contributed by atoms with E-state index in [0.29, 0.717) is 12.3 Å². The molecule has 2 aromatic carbocycles. The number of ether oxygens (including phenoxy) is 1. The normalized spacial score (nSPS) is 11.2. The fourth-order valence-electron chi connectivity index (χ4n) is 2.68. The van der Waals surface area contributed by atoms with Crippen LogP contribution in [0.25, 0.3) is 10.9 Å². The monoisotopic (exact) mass is 327 g/mol. The molecule has 4 nitrogen and oxygen atoms in total. The molecule has 0 saturated heterocycles. The van der Waals surface area contributed by atoms with Gasteiger partial charge in [-0.15, -0.1) is 0 Å². The average Bonchev–Trinajstić information content (AvgIpc) is 2.91. The maximum atomic E-state index is 13.5. The number of carbonyl (C=O) groups is 1. The van der Waals surface area contributed by atoms with Gasteiger partial charge in [0.2, 0.25) is 0 Å². The molecular weight excluding hydrogens is 309 g/mol. The Morgan fingerprint density at radius 2 is 2.00 bits per heavy atom. The van der Waals surface area contributed by atoms with Gasteiger partial charge in [-0.2, -0.15) is 0 Å². The first-order valence-corrected chi connectivity index (χ1v) is 7.71. The SMILES string of the molecule is CC(C)Oc1cc(F)ccc1Cn1ccc2cc(C(=O)O)ccc21. The highest BCUT2D eigenvalue weighted by molar-refractivity contribution is 5.93. The second kappa shape index (κ2) is 6.35. The molecule has 124 valence electrons. The zero-order valence-corrected chi connectivity index (χ0v) is 13.5. The molecule has 1 N–H and O–H groups in total. The molecule has 1 heterocycles. The van der Waals surface area contributed by atoms with Crippen molar-refractivity contribution in [2.24, 2.45) is 0 Å². The summed E-state index contributed by atoms with van der Waals surface area (Å²) in [5.74, 6) is -0.761. The lowest BCUT2D eigenvalue weighted by Gasteiger charge is -2.15. The highest BCUT2D eigenvalue weighted by atomic mass is 19.1. The number of aromatic carboxylic acids is 1. The highest BCUT2D eigenvalue weighted by Gasteiger charge is 2.11. The summed E-state index contributed by atoms with van der Waals surface area (Å²) in [4.78, 5) is 11.1. The van der Waals surface area contributed by atoms with Crippen molar-refractivity contribution < 1.29 is 19.0 Å². The molecule has 0 amide bonds. The van der Waals surface area contributed by atoms with Crippen LogP contribution in [0.15, 0.2) is 48.7 Å². The lowest BCUT2D eigenvalue weighted by Crippen LogP contribution is -2.09. The summed E-state index contributed by atoms with van der Waals surface area (Å²) in [7, 11) is 0. The van der Waals surface area contributed by atoms with Crippen LogP contribution in [-0.4, -0.2) is 21.7 Å². The van der Waals surface area contributed by atoms with Gasteiger partial charge < -0.3 is 14.4 Å². The van der Waals surface area contributed by atoms with Crippen molar-refractivity contribution in [3.05, 3.63) is 65.6 Å². The third kappa shape index (κ3) is 3.25. The molecule has 3 aromatic rings. The van der Waals surface area contributed by atoms with E-state index >= 15 is 0 Å². The Bertz CT molecular complexity index is 899. The van der Waals surface area contributed by atoms with E-state index in [4.69, 9.17) is 9.84 Å². The van der Waals surface area contributed by atoms with Crippen LogP contribution in [0.3, 0.4) is 0 Å². The average molecular weight is 327 g/mol. The number of fused-ring (bicyclic) bond motifs is 1. The molecule has 1 aromatic heterocycles. The summed E-state index contributed by atoms with van der Waals surface area (Å²) < 4.78 is 21.2. The maximum Gasteiger partial charge on any atom is 0.335 e. The van der Waals surface area contributed by atoms with Gasteiger partial charge in [-0.25, -0.2) is 9.18 Å². The quantitative estimate of drug-likeness (QED) is 0.759. The van der Waals surface area contributed by atoms with Crippen LogP contribution in [0.4, 0.5) is 4.39 Å². The van der Waals surface area contributed by atoms with Gasteiger partial charge in [-0.1, -0.05) is 6.07 Å². The molecule has 0 bridgehead atoms. The van der Waals surface area contributed by atoms with Gasteiger partial charge in [0.05, 0.1) is 18.2 Å². The molecule has 0 atom stereocenters. The Morgan fingerprint density at radius 1 is 1.21 bits per heavy atom. The Kier molecular flexibility index (Phi) is 4.25. The number of carboxylic acid groups (broad SMARTS) is 1. The first-order valence-electron chi connectivity index (χ1n) is 7.71. The minimum atomic E-state index is -0.948. The van der Waals surface area contributed by atoms with Crippen LogP contribution in [-0.2, 0) is 6.54 Å². The molecule has 0 fully saturated rings. The zero-order valence-electron chi connectivity index (χ0n) is 13.5. The minimum absolute atomic E-state index is 0.0509. The molecule has 24 heavy (non-hydrogen) atoms. The van der Waals surface area contributed by atoms with E-state index in [1.54, 1.807) is 24.3 Å². The molecule has 0 aliphatic carbocycles. The predicted octanol–water partition coefficient (Wildman–Crippen LogP) is 4.31. The van der Waals surface area contributed by atoms with Crippen molar-refractivity contribution in [3.63, 3.8) is 0 Å².